The fourth-order valence-corrected chi connectivity index (χ4v) is 3.14. The maximum atomic E-state index is 3.83. The minimum absolute atomic E-state index is 0.615. The normalized spacial score (nSPS) is 25.4. The Hall–Kier alpha value is -0.820. The zero-order valence-corrected chi connectivity index (χ0v) is 10.8. The van der Waals surface area contributed by atoms with Crippen LogP contribution in [0.25, 0.3) is 0 Å². The second-order valence-corrected chi connectivity index (χ2v) is 5.88. The molecule has 1 fully saturated rings. The number of nitrogens with one attached hydrogen (secondary N) is 1. The van der Waals surface area contributed by atoms with E-state index in [1.807, 2.05) is 0 Å². The van der Waals surface area contributed by atoms with Crippen molar-refractivity contribution in [1.82, 2.24) is 5.32 Å². The van der Waals surface area contributed by atoms with Crippen LogP contribution in [-0.4, -0.2) is 6.54 Å². The van der Waals surface area contributed by atoms with Gasteiger partial charge in [-0.05, 0) is 55.1 Å². The quantitative estimate of drug-likeness (QED) is 0.827. The molecule has 0 spiro atoms. The summed E-state index contributed by atoms with van der Waals surface area (Å²) in [4.78, 5) is 0. The molecule has 1 aromatic rings. The minimum atomic E-state index is 0.615. The van der Waals surface area contributed by atoms with Crippen LogP contribution in [0.1, 0.15) is 56.2 Å². The maximum absolute atomic E-state index is 3.83. The monoisotopic (exact) mass is 229 g/mol. The molecule has 1 saturated carbocycles. The average molecular weight is 229 g/mol. The Morgan fingerprint density at radius 1 is 1.29 bits per heavy atom. The zero-order valence-electron chi connectivity index (χ0n) is 10.8. The summed E-state index contributed by atoms with van der Waals surface area (Å²) in [5.74, 6) is 0. The Bertz CT molecular complexity index is 392. The van der Waals surface area contributed by atoms with Gasteiger partial charge in [-0.1, -0.05) is 31.2 Å². The van der Waals surface area contributed by atoms with Crippen molar-refractivity contribution in [2.24, 2.45) is 5.41 Å². The third-order valence-corrected chi connectivity index (χ3v) is 4.80. The highest BCUT2D eigenvalue weighted by molar-refractivity contribution is 5.32. The second-order valence-electron chi connectivity index (χ2n) is 5.88. The summed E-state index contributed by atoms with van der Waals surface area (Å²) in [6.07, 6.45) is 8.14. The summed E-state index contributed by atoms with van der Waals surface area (Å²) >= 11 is 0. The molecular formula is C16H23N. The van der Waals surface area contributed by atoms with Crippen molar-refractivity contribution >= 4 is 0 Å². The number of fused-ring (bicyclic) bond motifs is 1. The molecule has 1 heteroatoms. The molecule has 1 nitrogen and oxygen atoms in total. The van der Waals surface area contributed by atoms with E-state index in [1.165, 1.54) is 45.1 Å². The topological polar surface area (TPSA) is 12.0 Å². The van der Waals surface area contributed by atoms with Crippen LogP contribution in [0.3, 0.4) is 0 Å². The van der Waals surface area contributed by atoms with Gasteiger partial charge in [0.25, 0.3) is 0 Å². The van der Waals surface area contributed by atoms with Gasteiger partial charge in [0.2, 0.25) is 0 Å². The van der Waals surface area contributed by atoms with Crippen molar-refractivity contribution in [3.05, 3.63) is 35.4 Å². The number of aryl methyl sites for hydroxylation is 1. The van der Waals surface area contributed by atoms with Gasteiger partial charge in [-0.2, -0.15) is 0 Å². The van der Waals surface area contributed by atoms with Crippen molar-refractivity contribution in [3.8, 4) is 0 Å². The fourth-order valence-electron chi connectivity index (χ4n) is 3.14. The number of rotatable bonds is 4. The molecule has 2 aliphatic carbocycles. The molecule has 0 amide bonds. The first-order chi connectivity index (χ1) is 8.33. The highest BCUT2D eigenvalue weighted by Crippen LogP contribution is 2.48. The first-order valence-electron chi connectivity index (χ1n) is 7.14. The van der Waals surface area contributed by atoms with Crippen molar-refractivity contribution in [1.29, 1.82) is 0 Å². The predicted molar refractivity (Wildman–Crippen MR) is 72.1 cm³/mol. The highest BCUT2D eigenvalue weighted by Gasteiger charge is 2.40. The third-order valence-electron chi connectivity index (χ3n) is 4.80. The number of benzene rings is 1. The Balaban J connectivity index is 1.68. The van der Waals surface area contributed by atoms with Crippen LogP contribution < -0.4 is 5.32 Å². The Labute approximate surface area is 105 Å². The molecule has 0 saturated heterocycles. The van der Waals surface area contributed by atoms with E-state index < -0.39 is 0 Å². The van der Waals surface area contributed by atoms with Gasteiger partial charge >= 0.3 is 0 Å². The molecule has 3 rings (SSSR count). The van der Waals surface area contributed by atoms with E-state index in [4.69, 9.17) is 0 Å². The molecule has 1 N–H and O–H groups in total. The summed E-state index contributed by atoms with van der Waals surface area (Å²) in [7, 11) is 0. The lowest BCUT2D eigenvalue weighted by atomic mass is 9.87. The smallest absolute Gasteiger partial charge is 0.0323 e. The Kier molecular flexibility index (Phi) is 2.96. The van der Waals surface area contributed by atoms with Gasteiger partial charge < -0.3 is 5.32 Å². The van der Waals surface area contributed by atoms with Crippen molar-refractivity contribution < 1.29 is 0 Å². The van der Waals surface area contributed by atoms with E-state index in [0.29, 0.717) is 11.5 Å². The molecule has 1 unspecified atom stereocenters. The van der Waals surface area contributed by atoms with Crippen LogP contribution >= 0.6 is 0 Å². The Morgan fingerprint density at radius 2 is 2.12 bits per heavy atom. The van der Waals surface area contributed by atoms with Crippen LogP contribution in [-0.2, 0) is 6.42 Å². The van der Waals surface area contributed by atoms with E-state index >= 15 is 0 Å². The van der Waals surface area contributed by atoms with Crippen LogP contribution in [0.2, 0.25) is 0 Å². The van der Waals surface area contributed by atoms with Crippen LogP contribution in [0, 0.1) is 5.41 Å². The van der Waals surface area contributed by atoms with Gasteiger partial charge in [0.05, 0.1) is 0 Å². The maximum Gasteiger partial charge on any atom is 0.0323 e. The molecule has 2 aliphatic rings. The molecule has 0 aliphatic heterocycles. The highest BCUT2D eigenvalue weighted by atomic mass is 14.9. The first-order valence-corrected chi connectivity index (χ1v) is 7.14. The average Bonchev–Trinajstić information content (AvgIpc) is 3.17. The number of hydrogen-bond donors (Lipinski definition) is 1. The van der Waals surface area contributed by atoms with Gasteiger partial charge in [-0.15, -0.1) is 0 Å². The zero-order chi connectivity index (χ0) is 11.7. The van der Waals surface area contributed by atoms with Crippen LogP contribution in [0.4, 0.5) is 0 Å². The molecule has 0 bridgehead atoms. The third kappa shape index (κ3) is 2.26. The van der Waals surface area contributed by atoms with E-state index in [9.17, 15) is 0 Å². The number of hydrogen-bond acceptors (Lipinski definition) is 1. The lowest BCUT2D eigenvalue weighted by molar-refractivity contribution is 0.379. The van der Waals surface area contributed by atoms with E-state index in [-0.39, 0.29) is 0 Å². The van der Waals surface area contributed by atoms with Gasteiger partial charge in [0.15, 0.2) is 0 Å². The lowest BCUT2D eigenvalue weighted by Crippen LogP contribution is -2.30. The molecule has 1 aromatic carbocycles. The second kappa shape index (κ2) is 4.45. The SMILES string of the molecule is CCC1(CNC2CCCc3ccccc32)CC1. The standard InChI is InChI=1S/C16H23N/c1-2-16(10-11-16)12-17-15-9-5-7-13-6-3-4-8-14(13)15/h3-4,6,8,15,17H,2,5,7,9-12H2,1H3. The van der Waals surface area contributed by atoms with Crippen molar-refractivity contribution in [3.63, 3.8) is 0 Å². The summed E-state index contributed by atoms with van der Waals surface area (Å²) in [6.45, 7) is 3.56. The minimum Gasteiger partial charge on any atom is -0.309 e. The van der Waals surface area contributed by atoms with E-state index in [0.717, 1.165) is 0 Å². The largest absolute Gasteiger partial charge is 0.309 e. The fraction of sp³-hybridized carbons (Fsp3) is 0.625. The van der Waals surface area contributed by atoms with Gasteiger partial charge in [-0.3, -0.25) is 0 Å². The van der Waals surface area contributed by atoms with Crippen molar-refractivity contribution in [2.45, 2.75) is 51.5 Å². The molecule has 0 heterocycles. The van der Waals surface area contributed by atoms with E-state index in [1.54, 1.807) is 11.1 Å². The van der Waals surface area contributed by atoms with Crippen molar-refractivity contribution in [2.75, 3.05) is 6.54 Å². The molecule has 17 heavy (non-hydrogen) atoms. The summed E-state index contributed by atoms with van der Waals surface area (Å²) in [6, 6.07) is 9.60. The van der Waals surface area contributed by atoms with Crippen LogP contribution in [0.15, 0.2) is 24.3 Å². The van der Waals surface area contributed by atoms with Gasteiger partial charge in [-0.25, -0.2) is 0 Å². The van der Waals surface area contributed by atoms with E-state index in [2.05, 4.69) is 36.5 Å². The lowest BCUT2D eigenvalue weighted by Gasteiger charge is -2.28. The Morgan fingerprint density at radius 3 is 2.88 bits per heavy atom. The van der Waals surface area contributed by atoms with Crippen LogP contribution in [0.5, 0.6) is 0 Å². The summed E-state index contributed by atoms with van der Waals surface area (Å²) < 4.78 is 0. The van der Waals surface area contributed by atoms with Gasteiger partial charge in [0.1, 0.15) is 0 Å². The molecule has 0 aromatic heterocycles. The first kappa shape index (κ1) is 11.3. The molecular weight excluding hydrogens is 206 g/mol. The summed E-state index contributed by atoms with van der Waals surface area (Å²) in [5, 5.41) is 3.83. The molecule has 1 atom stereocenters. The predicted octanol–water partition coefficient (Wildman–Crippen LogP) is 3.84. The molecule has 92 valence electrons. The summed E-state index contributed by atoms with van der Waals surface area (Å²) in [5.41, 5.74) is 3.79. The molecule has 0 radical (unpaired) electrons. The van der Waals surface area contributed by atoms with Gasteiger partial charge in [0, 0.05) is 12.6 Å².